The highest BCUT2D eigenvalue weighted by Crippen LogP contribution is 2.33. The van der Waals surface area contributed by atoms with Gasteiger partial charge in [0.05, 0.1) is 18.9 Å². The molecule has 2 aromatic heterocycles. The highest BCUT2D eigenvalue weighted by atomic mass is 19.1. The number of aromatic nitrogens is 4. The molecule has 9 heteroatoms. The number of benzene rings is 1. The molecule has 0 radical (unpaired) electrons. The fraction of sp³-hybridized carbons (Fsp3) is 0.417. The molecule has 0 bridgehead atoms. The second kappa shape index (κ2) is 10.2. The Bertz CT molecular complexity index is 1060. The Labute approximate surface area is 192 Å². The molecule has 0 spiro atoms. The quantitative estimate of drug-likeness (QED) is 0.566. The average molecular weight is 451 g/mol. The minimum absolute atomic E-state index is 0.198. The predicted molar refractivity (Wildman–Crippen MR) is 121 cm³/mol. The van der Waals surface area contributed by atoms with Gasteiger partial charge in [-0.3, -0.25) is 9.88 Å². The Kier molecular flexibility index (Phi) is 6.68. The standard InChI is InChI=1S/C24H27FN6O2/c25-19-3-5-21(6-4-19)33-23-22(26-9-10-27-23)18-2-1-11-30(16-18)17-20-7-8-28-24(29-20)31-12-14-32-15-13-31/h3-10,18H,1-2,11-17H2. The van der Waals surface area contributed by atoms with Crippen LogP contribution >= 0.6 is 0 Å². The summed E-state index contributed by atoms with van der Waals surface area (Å²) in [7, 11) is 0. The molecular formula is C24H27FN6O2. The first-order valence-corrected chi connectivity index (χ1v) is 11.4. The molecule has 2 saturated heterocycles. The molecule has 0 N–H and O–H groups in total. The fourth-order valence-corrected chi connectivity index (χ4v) is 4.35. The van der Waals surface area contributed by atoms with Crippen molar-refractivity contribution in [3.63, 3.8) is 0 Å². The molecule has 3 aromatic rings. The predicted octanol–water partition coefficient (Wildman–Crippen LogP) is 3.41. The third-order valence-corrected chi connectivity index (χ3v) is 5.99. The molecule has 0 aliphatic carbocycles. The third-order valence-electron chi connectivity index (χ3n) is 5.99. The molecule has 1 aromatic carbocycles. The van der Waals surface area contributed by atoms with Crippen molar-refractivity contribution in [3.05, 3.63) is 66.1 Å². The van der Waals surface area contributed by atoms with E-state index in [9.17, 15) is 4.39 Å². The van der Waals surface area contributed by atoms with Crippen molar-refractivity contribution in [2.24, 2.45) is 0 Å². The number of hydrogen-bond acceptors (Lipinski definition) is 8. The number of anilines is 1. The van der Waals surface area contributed by atoms with Gasteiger partial charge < -0.3 is 14.4 Å². The van der Waals surface area contributed by atoms with Crippen LogP contribution in [0.15, 0.2) is 48.9 Å². The molecule has 0 saturated carbocycles. The van der Waals surface area contributed by atoms with E-state index in [0.717, 1.165) is 62.9 Å². The summed E-state index contributed by atoms with van der Waals surface area (Å²) in [6, 6.07) is 7.93. The van der Waals surface area contributed by atoms with Crippen LogP contribution in [0.5, 0.6) is 11.6 Å². The number of halogens is 1. The fourth-order valence-electron chi connectivity index (χ4n) is 4.35. The molecule has 8 nitrogen and oxygen atoms in total. The summed E-state index contributed by atoms with van der Waals surface area (Å²) in [6.07, 6.45) is 7.23. The lowest BCUT2D eigenvalue weighted by atomic mass is 9.94. The van der Waals surface area contributed by atoms with Crippen LogP contribution in [0.4, 0.5) is 10.3 Å². The highest BCUT2D eigenvalue weighted by molar-refractivity contribution is 5.32. The maximum Gasteiger partial charge on any atom is 0.241 e. The molecule has 1 atom stereocenters. The molecule has 2 aliphatic rings. The molecule has 5 rings (SSSR count). The normalized spacial score (nSPS) is 19.4. The SMILES string of the molecule is Fc1ccc(Oc2nccnc2C2CCCN(Cc3ccnc(N4CCOCC4)n3)C2)cc1. The van der Waals surface area contributed by atoms with Gasteiger partial charge in [-0.15, -0.1) is 0 Å². The molecule has 172 valence electrons. The van der Waals surface area contributed by atoms with Crippen LogP contribution in [0, 0.1) is 5.82 Å². The van der Waals surface area contributed by atoms with Crippen LogP contribution in [0.1, 0.15) is 30.1 Å². The van der Waals surface area contributed by atoms with Crippen molar-refractivity contribution in [3.8, 4) is 11.6 Å². The van der Waals surface area contributed by atoms with Crippen LogP contribution in [-0.2, 0) is 11.3 Å². The second-order valence-electron chi connectivity index (χ2n) is 8.32. The average Bonchev–Trinajstić information content (AvgIpc) is 2.87. The third kappa shape index (κ3) is 5.43. The topological polar surface area (TPSA) is 76.5 Å². The molecule has 1 unspecified atom stereocenters. The van der Waals surface area contributed by atoms with Crippen molar-refractivity contribution in [2.45, 2.75) is 25.3 Å². The van der Waals surface area contributed by atoms with E-state index in [0.29, 0.717) is 24.8 Å². The van der Waals surface area contributed by atoms with Gasteiger partial charge in [-0.25, -0.2) is 19.3 Å². The Hall–Kier alpha value is -3.17. The van der Waals surface area contributed by atoms with Gasteiger partial charge in [0.15, 0.2) is 0 Å². The van der Waals surface area contributed by atoms with Gasteiger partial charge in [-0.2, -0.15) is 0 Å². The lowest BCUT2D eigenvalue weighted by molar-refractivity contribution is 0.122. The summed E-state index contributed by atoms with van der Waals surface area (Å²) in [4.78, 5) is 22.8. The number of likely N-dealkylation sites (tertiary alicyclic amines) is 1. The largest absolute Gasteiger partial charge is 0.437 e. The summed E-state index contributed by atoms with van der Waals surface area (Å²) in [5.74, 6) is 1.69. The summed E-state index contributed by atoms with van der Waals surface area (Å²) >= 11 is 0. The van der Waals surface area contributed by atoms with Gasteiger partial charge >= 0.3 is 0 Å². The minimum atomic E-state index is -0.300. The summed E-state index contributed by atoms with van der Waals surface area (Å²) in [6.45, 7) is 5.66. The van der Waals surface area contributed by atoms with Crippen LogP contribution < -0.4 is 9.64 Å². The minimum Gasteiger partial charge on any atom is -0.437 e. The van der Waals surface area contributed by atoms with Gasteiger partial charge in [0.1, 0.15) is 17.3 Å². The van der Waals surface area contributed by atoms with E-state index in [-0.39, 0.29) is 11.7 Å². The van der Waals surface area contributed by atoms with Crippen molar-refractivity contribution in [2.75, 3.05) is 44.3 Å². The van der Waals surface area contributed by atoms with Gasteiger partial charge in [0.25, 0.3) is 0 Å². The number of ether oxygens (including phenoxy) is 2. The smallest absolute Gasteiger partial charge is 0.241 e. The van der Waals surface area contributed by atoms with Crippen LogP contribution in [-0.4, -0.2) is 64.2 Å². The van der Waals surface area contributed by atoms with Crippen molar-refractivity contribution in [1.29, 1.82) is 0 Å². The molecule has 4 heterocycles. The molecule has 33 heavy (non-hydrogen) atoms. The summed E-state index contributed by atoms with van der Waals surface area (Å²) < 4.78 is 24.6. The number of morpholine rings is 1. The molecular weight excluding hydrogens is 423 g/mol. The molecule has 2 fully saturated rings. The van der Waals surface area contributed by atoms with Crippen molar-refractivity contribution in [1.82, 2.24) is 24.8 Å². The van der Waals surface area contributed by atoms with E-state index in [1.165, 1.54) is 12.1 Å². The molecule has 0 amide bonds. The van der Waals surface area contributed by atoms with Gasteiger partial charge in [0.2, 0.25) is 11.8 Å². The van der Waals surface area contributed by atoms with Crippen LogP contribution in [0.25, 0.3) is 0 Å². The zero-order valence-corrected chi connectivity index (χ0v) is 18.4. The second-order valence-corrected chi connectivity index (χ2v) is 8.32. The van der Waals surface area contributed by atoms with Crippen LogP contribution in [0.2, 0.25) is 0 Å². The van der Waals surface area contributed by atoms with Crippen molar-refractivity contribution < 1.29 is 13.9 Å². The number of rotatable bonds is 6. The zero-order valence-electron chi connectivity index (χ0n) is 18.4. The maximum absolute atomic E-state index is 13.2. The van der Waals surface area contributed by atoms with Crippen LogP contribution in [0.3, 0.4) is 0 Å². The maximum atomic E-state index is 13.2. The van der Waals surface area contributed by atoms with E-state index in [1.54, 1.807) is 24.5 Å². The lowest BCUT2D eigenvalue weighted by Crippen LogP contribution is -2.38. The number of nitrogens with zero attached hydrogens (tertiary/aromatic N) is 6. The number of piperidine rings is 1. The Morgan fingerprint density at radius 3 is 2.64 bits per heavy atom. The Morgan fingerprint density at radius 2 is 1.79 bits per heavy atom. The van der Waals surface area contributed by atoms with E-state index in [4.69, 9.17) is 14.5 Å². The van der Waals surface area contributed by atoms with E-state index in [1.807, 2.05) is 12.3 Å². The van der Waals surface area contributed by atoms with Gasteiger partial charge in [0, 0.05) is 50.7 Å². The molecule has 2 aliphatic heterocycles. The van der Waals surface area contributed by atoms with E-state index < -0.39 is 0 Å². The first kappa shape index (κ1) is 21.7. The zero-order chi connectivity index (χ0) is 22.5. The first-order chi connectivity index (χ1) is 16.2. The van der Waals surface area contributed by atoms with E-state index >= 15 is 0 Å². The lowest BCUT2D eigenvalue weighted by Gasteiger charge is -2.32. The van der Waals surface area contributed by atoms with E-state index in [2.05, 4.69) is 24.8 Å². The highest BCUT2D eigenvalue weighted by Gasteiger charge is 2.26. The first-order valence-electron chi connectivity index (χ1n) is 11.4. The summed E-state index contributed by atoms with van der Waals surface area (Å²) in [5, 5.41) is 0. The van der Waals surface area contributed by atoms with Crippen molar-refractivity contribution >= 4 is 5.95 Å². The summed E-state index contributed by atoms with van der Waals surface area (Å²) in [5.41, 5.74) is 1.84. The van der Waals surface area contributed by atoms with Gasteiger partial charge in [-0.05, 0) is 49.7 Å². The Balaban J connectivity index is 1.27. The number of hydrogen-bond donors (Lipinski definition) is 0. The van der Waals surface area contributed by atoms with Gasteiger partial charge in [-0.1, -0.05) is 0 Å². The monoisotopic (exact) mass is 450 g/mol. The Morgan fingerprint density at radius 1 is 0.970 bits per heavy atom.